The molecule has 0 bridgehead atoms. The van der Waals surface area contributed by atoms with E-state index in [1.165, 1.54) is 81.9 Å². The van der Waals surface area contributed by atoms with Gasteiger partial charge in [0, 0.05) is 49.9 Å². The largest absolute Gasteiger partial charge is 0.310 e. The lowest BCUT2D eigenvalue weighted by atomic mass is 9.95. The standard InChI is InChI=1S/C68H45N3/c1-3-21-51(22-4-1)70-64-31-13-11-27-59(64)62-43-50(37-42-66(62)70)61-44-63-60-28-12-14-32-65(60)71(52-23-5-2-6-24-52)68(63)45-67(61)69(53-38-33-48(34-39-53)57-29-15-19-46-17-7-9-25-55(46)57)54-40-35-49(36-41-54)58-30-16-20-47-18-8-10-26-56(47)58/h1-45H. The van der Waals surface area contributed by atoms with E-state index in [1.807, 2.05) is 0 Å². The van der Waals surface area contributed by atoms with Crippen molar-refractivity contribution in [2.75, 3.05) is 4.90 Å². The zero-order valence-corrected chi connectivity index (χ0v) is 38.8. The van der Waals surface area contributed by atoms with Gasteiger partial charge in [0.2, 0.25) is 0 Å². The Kier molecular flexibility index (Phi) is 9.53. The molecule has 14 aromatic rings. The summed E-state index contributed by atoms with van der Waals surface area (Å²) in [5.41, 5.74) is 17.2. The van der Waals surface area contributed by atoms with Crippen LogP contribution in [0.15, 0.2) is 273 Å². The highest BCUT2D eigenvalue weighted by Gasteiger charge is 2.24. The molecule has 0 saturated heterocycles. The number of aromatic nitrogens is 2. The van der Waals surface area contributed by atoms with Gasteiger partial charge >= 0.3 is 0 Å². The molecular formula is C68H45N3. The molecule has 0 aliphatic carbocycles. The summed E-state index contributed by atoms with van der Waals surface area (Å²) in [5.74, 6) is 0. The number of hydrogen-bond acceptors (Lipinski definition) is 1. The van der Waals surface area contributed by atoms with E-state index in [0.717, 1.165) is 45.1 Å². The molecule has 0 fully saturated rings. The first kappa shape index (κ1) is 40.6. The number of anilines is 3. The molecule has 3 nitrogen and oxygen atoms in total. The van der Waals surface area contributed by atoms with Crippen molar-refractivity contribution in [3.63, 3.8) is 0 Å². The van der Waals surface area contributed by atoms with Crippen LogP contribution in [0.1, 0.15) is 0 Å². The van der Waals surface area contributed by atoms with E-state index in [-0.39, 0.29) is 0 Å². The third-order valence-electron chi connectivity index (χ3n) is 14.5. The van der Waals surface area contributed by atoms with Gasteiger partial charge in [0.15, 0.2) is 0 Å². The first-order valence-corrected chi connectivity index (χ1v) is 24.4. The highest BCUT2D eigenvalue weighted by molar-refractivity contribution is 6.15. The third kappa shape index (κ3) is 6.74. The quantitative estimate of drug-likeness (QED) is 0.148. The topological polar surface area (TPSA) is 13.1 Å². The lowest BCUT2D eigenvalue weighted by molar-refractivity contribution is 1.18. The zero-order valence-electron chi connectivity index (χ0n) is 38.8. The van der Waals surface area contributed by atoms with Crippen molar-refractivity contribution in [3.05, 3.63) is 273 Å². The van der Waals surface area contributed by atoms with Gasteiger partial charge in [-0.05, 0) is 134 Å². The number of hydrogen-bond donors (Lipinski definition) is 0. The van der Waals surface area contributed by atoms with E-state index in [2.05, 4.69) is 287 Å². The smallest absolute Gasteiger partial charge is 0.0562 e. The lowest BCUT2D eigenvalue weighted by Gasteiger charge is -2.29. The van der Waals surface area contributed by atoms with Crippen molar-refractivity contribution < 1.29 is 0 Å². The molecule has 14 rings (SSSR count). The minimum absolute atomic E-state index is 1.07. The van der Waals surface area contributed by atoms with Crippen LogP contribution in [0, 0.1) is 0 Å². The van der Waals surface area contributed by atoms with Crippen LogP contribution in [0.2, 0.25) is 0 Å². The molecule has 0 aliphatic heterocycles. The first-order valence-electron chi connectivity index (χ1n) is 24.4. The fourth-order valence-electron chi connectivity index (χ4n) is 11.2. The van der Waals surface area contributed by atoms with Gasteiger partial charge in [0.05, 0.1) is 27.8 Å². The number of nitrogens with zero attached hydrogens (tertiary/aromatic N) is 3. The normalized spacial score (nSPS) is 11.7. The number of para-hydroxylation sites is 4. The molecule has 0 saturated carbocycles. The minimum Gasteiger partial charge on any atom is -0.310 e. The Morgan fingerprint density at radius 3 is 1.18 bits per heavy atom. The van der Waals surface area contributed by atoms with Crippen molar-refractivity contribution in [1.82, 2.24) is 9.13 Å². The van der Waals surface area contributed by atoms with Crippen LogP contribution in [0.5, 0.6) is 0 Å². The van der Waals surface area contributed by atoms with Crippen LogP contribution < -0.4 is 4.90 Å². The van der Waals surface area contributed by atoms with Gasteiger partial charge in [-0.25, -0.2) is 0 Å². The molecular weight excluding hydrogens is 859 g/mol. The summed E-state index contributed by atoms with van der Waals surface area (Å²) < 4.78 is 4.83. The Morgan fingerprint density at radius 2 is 0.648 bits per heavy atom. The summed E-state index contributed by atoms with van der Waals surface area (Å²) >= 11 is 0. The highest BCUT2D eigenvalue weighted by atomic mass is 15.1. The minimum atomic E-state index is 1.07. The van der Waals surface area contributed by atoms with Crippen molar-refractivity contribution in [2.24, 2.45) is 0 Å². The summed E-state index contributed by atoms with van der Waals surface area (Å²) in [4.78, 5) is 2.47. The monoisotopic (exact) mass is 903 g/mol. The van der Waals surface area contributed by atoms with Crippen molar-refractivity contribution in [2.45, 2.75) is 0 Å². The summed E-state index contributed by atoms with van der Waals surface area (Å²) in [6.07, 6.45) is 0. The van der Waals surface area contributed by atoms with Crippen molar-refractivity contribution >= 4 is 82.2 Å². The predicted octanol–water partition coefficient (Wildman–Crippen LogP) is 18.7. The Labute approximate surface area is 412 Å². The Bertz CT molecular complexity index is 4180. The molecule has 71 heavy (non-hydrogen) atoms. The maximum atomic E-state index is 2.47. The maximum Gasteiger partial charge on any atom is 0.0562 e. The van der Waals surface area contributed by atoms with Gasteiger partial charge in [-0.2, -0.15) is 0 Å². The van der Waals surface area contributed by atoms with E-state index < -0.39 is 0 Å². The Morgan fingerprint density at radius 1 is 0.239 bits per heavy atom. The number of rotatable bonds is 8. The molecule has 0 spiro atoms. The van der Waals surface area contributed by atoms with Crippen LogP contribution in [0.4, 0.5) is 17.1 Å². The molecule has 0 aliphatic rings. The number of benzene rings is 12. The second-order valence-corrected chi connectivity index (χ2v) is 18.5. The molecule has 0 atom stereocenters. The van der Waals surface area contributed by atoms with E-state index in [4.69, 9.17) is 0 Å². The average molecular weight is 904 g/mol. The van der Waals surface area contributed by atoms with Gasteiger partial charge in [0.1, 0.15) is 0 Å². The first-order chi connectivity index (χ1) is 35.2. The average Bonchev–Trinajstić information content (AvgIpc) is 3.95. The summed E-state index contributed by atoms with van der Waals surface area (Å²) in [5, 5.41) is 9.81. The molecule has 2 aromatic heterocycles. The van der Waals surface area contributed by atoms with Crippen molar-refractivity contribution in [1.29, 1.82) is 0 Å². The van der Waals surface area contributed by atoms with Crippen LogP contribution in [0.25, 0.3) is 110 Å². The van der Waals surface area contributed by atoms with E-state index in [0.29, 0.717) is 0 Å². The van der Waals surface area contributed by atoms with Gasteiger partial charge in [-0.15, -0.1) is 0 Å². The number of fused-ring (bicyclic) bond motifs is 8. The summed E-state index contributed by atoms with van der Waals surface area (Å²) in [7, 11) is 0. The lowest BCUT2D eigenvalue weighted by Crippen LogP contribution is -2.11. The van der Waals surface area contributed by atoms with E-state index >= 15 is 0 Å². The molecule has 12 aromatic carbocycles. The van der Waals surface area contributed by atoms with Crippen LogP contribution >= 0.6 is 0 Å². The SMILES string of the molecule is c1ccc(-n2c3ccccc3c3cc(-c4cc5c6ccccc6n(-c6ccccc6)c5cc4N(c4ccc(-c5cccc6ccccc56)cc4)c4ccc(-c5cccc6ccccc56)cc4)ccc32)cc1. The van der Waals surface area contributed by atoms with E-state index in [1.54, 1.807) is 0 Å². The second kappa shape index (κ2) is 16.7. The van der Waals surface area contributed by atoms with Gasteiger partial charge in [-0.1, -0.05) is 188 Å². The van der Waals surface area contributed by atoms with Crippen LogP contribution in [-0.4, -0.2) is 9.13 Å². The molecule has 0 radical (unpaired) electrons. The Balaban J connectivity index is 1.04. The molecule has 2 heterocycles. The molecule has 332 valence electrons. The predicted molar refractivity (Wildman–Crippen MR) is 301 cm³/mol. The Hall–Kier alpha value is -9.44. The van der Waals surface area contributed by atoms with Gasteiger partial charge in [-0.3, -0.25) is 0 Å². The summed E-state index contributed by atoms with van der Waals surface area (Å²) in [6, 6.07) is 100.0. The molecule has 0 N–H and O–H groups in total. The van der Waals surface area contributed by atoms with Crippen LogP contribution in [-0.2, 0) is 0 Å². The maximum absolute atomic E-state index is 2.47. The van der Waals surface area contributed by atoms with Crippen LogP contribution in [0.3, 0.4) is 0 Å². The third-order valence-corrected chi connectivity index (χ3v) is 14.5. The molecule has 0 unspecified atom stereocenters. The van der Waals surface area contributed by atoms with Gasteiger partial charge in [0.25, 0.3) is 0 Å². The highest BCUT2D eigenvalue weighted by Crippen LogP contribution is 2.47. The van der Waals surface area contributed by atoms with Crippen molar-refractivity contribution in [3.8, 4) is 44.8 Å². The van der Waals surface area contributed by atoms with Gasteiger partial charge < -0.3 is 14.0 Å². The summed E-state index contributed by atoms with van der Waals surface area (Å²) in [6.45, 7) is 0. The molecule has 3 heteroatoms. The zero-order chi connectivity index (χ0) is 46.8. The molecule has 0 amide bonds. The fraction of sp³-hybridized carbons (Fsp3) is 0. The fourth-order valence-corrected chi connectivity index (χ4v) is 11.2. The van der Waals surface area contributed by atoms with E-state index in [9.17, 15) is 0 Å². The second-order valence-electron chi connectivity index (χ2n) is 18.5.